The lowest BCUT2D eigenvalue weighted by Crippen LogP contribution is -2.55. The molecule has 1 amide bonds. The standard InChI is InChI=1S/C18H24N2O4/c1-19-16(21)11-15(17(22)23)18(19)6-8-20(9-7-18)12-13-4-3-5-14(10-13)24-2/h3-5,10,15H,6-9,11-12H2,1-2H3,(H,22,23). The molecule has 1 unspecified atom stereocenters. The molecule has 2 heterocycles. The third kappa shape index (κ3) is 2.86. The first kappa shape index (κ1) is 16.8. The number of nitrogens with zero attached hydrogens (tertiary/aromatic N) is 2. The van der Waals surface area contributed by atoms with Gasteiger partial charge >= 0.3 is 5.97 Å². The second kappa shape index (κ2) is 6.43. The Morgan fingerprint density at radius 3 is 2.71 bits per heavy atom. The van der Waals surface area contributed by atoms with Crippen LogP contribution in [0.25, 0.3) is 0 Å². The molecule has 0 aromatic heterocycles. The minimum Gasteiger partial charge on any atom is -0.497 e. The van der Waals surface area contributed by atoms with Crippen molar-refractivity contribution in [1.82, 2.24) is 9.80 Å². The van der Waals surface area contributed by atoms with Gasteiger partial charge < -0.3 is 14.7 Å². The molecule has 24 heavy (non-hydrogen) atoms. The van der Waals surface area contributed by atoms with Gasteiger partial charge in [-0.05, 0) is 30.5 Å². The van der Waals surface area contributed by atoms with Crippen LogP contribution in [-0.2, 0) is 16.1 Å². The Morgan fingerprint density at radius 1 is 1.38 bits per heavy atom. The summed E-state index contributed by atoms with van der Waals surface area (Å²) < 4.78 is 5.26. The number of hydrogen-bond acceptors (Lipinski definition) is 4. The lowest BCUT2D eigenvalue weighted by molar-refractivity contribution is -0.146. The fourth-order valence-electron chi connectivity index (χ4n) is 4.11. The molecule has 2 aliphatic rings. The van der Waals surface area contributed by atoms with E-state index in [1.165, 1.54) is 5.56 Å². The van der Waals surface area contributed by atoms with Crippen LogP contribution in [0.1, 0.15) is 24.8 Å². The van der Waals surface area contributed by atoms with Crippen LogP contribution in [-0.4, -0.2) is 59.6 Å². The van der Waals surface area contributed by atoms with Crippen molar-refractivity contribution < 1.29 is 19.4 Å². The Bertz CT molecular complexity index is 638. The minimum atomic E-state index is -0.853. The van der Waals surface area contributed by atoms with E-state index < -0.39 is 17.4 Å². The summed E-state index contributed by atoms with van der Waals surface area (Å²) in [4.78, 5) is 27.6. The number of carboxylic acids is 1. The van der Waals surface area contributed by atoms with E-state index in [-0.39, 0.29) is 12.3 Å². The van der Waals surface area contributed by atoms with Crippen LogP contribution in [0.5, 0.6) is 5.75 Å². The van der Waals surface area contributed by atoms with Crippen molar-refractivity contribution >= 4 is 11.9 Å². The van der Waals surface area contributed by atoms with Crippen molar-refractivity contribution in [3.8, 4) is 5.75 Å². The largest absolute Gasteiger partial charge is 0.497 e. The molecule has 1 aromatic rings. The third-order valence-corrected chi connectivity index (χ3v) is 5.63. The first-order chi connectivity index (χ1) is 11.5. The maximum Gasteiger partial charge on any atom is 0.309 e. The maximum atomic E-state index is 12.0. The van der Waals surface area contributed by atoms with E-state index in [1.807, 2.05) is 18.2 Å². The van der Waals surface area contributed by atoms with Crippen molar-refractivity contribution in [2.45, 2.75) is 31.3 Å². The highest BCUT2D eigenvalue weighted by Crippen LogP contribution is 2.43. The smallest absolute Gasteiger partial charge is 0.309 e. The number of carbonyl (C=O) groups excluding carboxylic acids is 1. The van der Waals surface area contributed by atoms with Gasteiger partial charge in [0.2, 0.25) is 5.91 Å². The molecular formula is C18H24N2O4. The first-order valence-electron chi connectivity index (χ1n) is 8.31. The number of carboxylic acid groups (broad SMARTS) is 1. The van der Waals surface area contributed by atoms with Crippen LogP contribution in [0.2, 0.25) is 0 Å². The summed E-state index contributed by atoms with van der Waals surface area (Å²) in [7, 11) is 3.41. The second-order valence-electron chi connectivity index (χ2n) is 6.78. The third-order valence-electron chi connectivity index (χ3n) is 5.63. The summed E-state index contributed by atoms with van der Waals surface area (Å²) >= 11 is 0. The number of methoxy groups -OCH3 is 1. The number of amides is 1. The van der Waals surface area contributed by atoms with E-state index in [0.717, 1.165) is 25.4 Å². The fourth-order valence-corrected chi connectivity index (χ4v) is 4.11. The molecule has 0 radical (unpaired) electrons. The Balaban J connectivity index is 1.68. The second-order valence-corrected chi connectivity index (χ2v) is 6.78. The monoisotopic (exact) mass is 332 g/mol. The molecule has 1 atom stereocenters. The quantitative estimate of drug-likeness (QED) is 0.907. The molecule has 6 nitrogen and oxygen atoms in total. The minimum absolute atomic E-state index is 0.0522. The molecule has 2 fully saturated rings. The number of aliphatic carboxylic acids is 1. The van der Waals surface area contributed by atoms with Crippen LogP contribution in [0.4, 0.5) is 0 Å². The van der Waals surface area contributed by atoms with Crippen molar-refractivity contribution in [1.29, 1.82) is 0 Å². The molecule has 130 valence electrons. The number of likely N-dealkylation sites (tertiary alicyclic amines) is 2. The average molecular weight is 332 g/mol. The van der Waals surface area contributed by atoms with Crippen LogP contribution < -0.4 is 4.74 Å². The summed E-state index contributed by atoms with van der Waals surface area (Å²) in [6, 6.07) is 7.99. The topological polar surface area (TPSA) is 70.1 Å². The summed E-state index contributed by atoms with van der Waals surface area (Å²) in [5, 5.41) is 9.52. The molecule has 2 saturated heterocycles. The van der Waals surface area contributed by atoms with Crippen LogP contribution in [0.15, 0.2) is 24.3 Å². The van der Waals surface area contributed by atoms with E-state index in [9.17, 15) is 14.7 Å². The molecule has 1 spiro atoms. The first-order valence-corrected chi connectivity index (χ1v) is 8.31. The number of ether oxygens (including phenoxy) is 1. The number of carbonyl (C=O) groups is 2. The molecule has 1 N–H and O–H groups in total. The van der Waals surface area contributed by atoms with Gasteiger partial charge in [0.25, 0.3) is 0 Å². The molecule has 2 aliphatic heterocycles. The molecule has 0 aliphatic carbocycles. The van der Waals surface area contributed by atoms with E-state index >= 15 is 0 Å². The predicted molar refractivity (Wildman–Crippen MR) is 88.7 cm³/mol. The van der Waals surface area contributed by atoms with E-state index in [4.69, 9.17) is 4.74 Å². The van der Waals surface area contributed by atoms with Gasteiger partial charge in [-0.1, -0.05) is 12.1 Å². The van der Waals surface area contributed by atoms with Gasteiger partial charge in [0.05, 0.1) is 18.6 Å². The van der Waals surface area contributed by atoms with Crippen molar-refractivity contribution in [2.75, 3.05) is 27.2 Å². The van der Waals surface area contributed by atoms with Crippen molar-refractivity contribution in [2.24, 2.45) is 5.92 Å². The number of benzene rings is 1. The van der Waals surface area contributed by atoms with Gasteiger partial charge in [-0.3, -0.25) is 14.5 Å². The van der Waals surface area contributed by atoms with Crippen LogP contribution >= 0.6 is 0 Å². The molecule has 0 saturated carbocycles. The van der Waals surface area contributed by atoms with Crippen molar-refractivity contribution in [3.05, 3.63) is 29.8 Å². The van der Waals surface area contributed by atoms with Gasteiger partial charge in [0, 0.05) is 33.1 Å². The zero-order chi connectivity index (χ0) is 17.3. The normalized spacial score (nSPS) is 23.7. The zero-order valence-corrected chi connectivity index (χ0v) is 14.2. The zero-order valence-electron chi connectivity index (χ0n) is 14.2. The highest BCUT2D eigenvalue weighted by atomic mass is 16.5. The lowest BCUT2D eigenvalue weighted by atomic mass is 9.77. The van der Waals surface area contributed by atoms with Gasteiger partial charge in [0.15, 0.2) is 0 Å². The average Bonchev–Trinajstić information content (AvgIpc) is 2.83. The summed E-state index contributed by atoms with van der Waals surface area (Å²) in [6.07, 6.45) is 1.54. The predicted octanol–water partition coefficient (Wildman–Crippen LogP) is 1.59. The summed E-state index contributed by atoms with van der Waals surface area (Å²) in [5.74, 6) is -0.653. The Hall–Kier alpha value is -2.08. The highest BCUT2D eigenvalue weighted by molar-refractivity contribution is 5.88. The lowest BCUT2D eigenvalue weighted by Gasteiger charge is -2.45. The maximum absolute atomic E-state index is 12.0. The Kier molecular flexibility index (Phi) is 4.49. The molecule has 3 rings (SSSR count). The SMILES string of the molecule is COc1cccc(CN2CCC3(CC2)C(C(=O)O)CC(=O)N3C)c1. The van der Waals surface area contributed by atoms with Gasteiger partial charge in [-0.2, -0.15) is 0 Å². The Morgan fingerprint density at radius 2 is 2.08 bits per heavy atom. The molecule has 1 aromatic carbocycles. The number of piperidine rings is 1. The van der Waals surface area contributed by atoms with Crippen molar-refractivity contribution in [3.63, 3.8) is 0 Å². The highest BCUT2D eigenvalue weighted by Gasteiger charge is 2.55. The Labute approximate surface area is 142 Å². The van der Waals surface area contributed by atoms with Gasteiger partial charge in [0.1, 0.15) is 5.75 Å². The van der Waals surface area contributed by atoms with Gasteiger partial charge in [-0.15, -0.1) is 0 Å². The van der Waals surface area contributed by atoms with Crippen LogP contribution in [0.3, 0.4) is 0 Å². The molecule has 6 heteroatoms. The summed E-state index contributed by atoms with van der Waals surface area (Å²) in [6.45, 7) is 2.39. The molecular weight excluding hydrogens is 308 g/mol. The van der Waals surface area contributed by atoms with E-state index in [0.29, 0.717) is 12.8 Å². The summed E-state index contributed by atoms with van der Waals surface area (Å²) in [5.41, 5.74) is 0.657. The van der Waals surface area contributed by atoms with Gasteiger partial charge in [-0.25, -0.2) is 0 Å². The number of rotatable bonds is 4. The van der Waals surface area contributed by atoms with E-state index in [1.54, 1.807) is 19.1 Å². The molecule has 0 bridgehead atoms. The van der Waals surface area contributed by atoms with Crippen LogP contribution in [0, 0.1) is 5.92 Å². The number of hydrogen-bond donors (Lipinski definition) is 1. The fraction of sp³-hybridized carbons (Fsp3) is 0.556. The van der Waals surface area contributed by atoms with E-state index in [2.05, 4.69) is 11.0 Å².